The molecule has 0 spiro atoms. The van der Waals surface area contributed by atoms with E-state index in [0.717, 1.165) is 27.7 Å². The van der Waals surface area contributed by atoms with E-state index in [4.69, 9.17) is 0 Å². The monoisotopic (exact) mass is 449 g/mol. The summed E-state index contributed by atoms with van der Waals surface area (Å²) in [6, 6.07) is 14.5. The lowest BCUT2D eigenvalue weighted by atomic mass is 10.0. The minimum absolute atomic E-state index is 0.0501. The molecule has 3 heterocycles. The Morgan fingerprint density at radius 3 is 2.61 bits per heavy atom. The van der Waals surface area contributed by atoms with Gasteiger partial charge in [0.25, 0.3) is 0 Å². The number of nitrogens with zero attached hydrogens (tertiary/aromatic N) is 3. The summed E-state index contributed by atoms with van der Waals surface area (Å²) in [5.41, 5.74) is 4.36. The number of methoxy groups -OCH3 is 1. The first kappa shape index (κ1) is 21.1. The summed E-state index contributed by atoms with van der Waals surface area (Å²) in [4.78, 5) is 24.5. The number of carbonyl (C=O) groups is 1. The molecule has 0 atom stereocenters. The van der Waals surface area contributed by atoms with Crippen molar-refractivity contribution in [2.45, 2.75) is 38.9 Å². The number of para-hydroxylation sites is 1. The maximum atomic E-state index is 13.4. The average molecular weight is 449 g/mol. The van der Waals surface area contributed by atoms with Gasteiger partial charge in [-0.1, -0.05) is 30.3 Å². The molecule has 7 nitrogen and oxygen atoms in total. The average Bonchev–Trinajstić information content (AvgIpc) is 3.26. The second-order valence-corrected chi connectivity index (χ2v) is 8.30. The molecule has 2 aromatic carbocycles. The van der Waals surface area contributed by atoms with Gasteiger partial charge in [-0.15, -0.1) is 0 Å². The van der Waals surface area contributed by atoms with E-state index in [-0.39, 0.29) is 36.3 Å². The molecule has 0 aliphatic carbocycles. The smallest absolute Gasteiger partial charge is 0.331 e. The van der Waals surface area contributed by atoms with E-state index >= 15 is 0 Å². The summed E-state index contributed by atoms with van der Waals surface area (Å²) >= 11 is 0. The predicted molar refractivity (Wildman–Crippen MR) is 121 cm³/mol. The number of carbonyl (C=O) groups excluding carboxylic acids is 1. The number of hydrogen-bond donors (Lipinski definition) is 1. The van der Waals surface area contributed by atoms with E-state index in [1.807, 2.05) is 24.3 Å². The number of rotatable bonds is 6. The number of esters is 1. The molecule has 2 aromatic heterocycles. The Balaban J connectivity index is 1.53. The van der Waals surface area contributed by atoms with Crippen molar-refractivity contribution in [3.63, 3.8) is 0 Å². The van der Waals surface area contributed by atoms with Gasteiger partial charge in [0.15, 0.2) is 0 Å². The van der Waals surface area contributed by atoms with Crippen LogP contribution in [0.5, 0.6) is 5.88 Å². The molecule has 170 valence electrons. The molecule has 0 bridgehead atoms. The van der Waals surface area contributed by atoms with Gasteiger partial charge in [0, 0.05) is 42.5 Å². The van der Waals surface area contributed by atoms with Gasteiger partial charge in [0.1, 0.15) is 5.82 Å². The summed E-state index contributed by atoms with van der Waals surface area (Å²) in [5.74, 6) is -0.676. The van der Waals surface area contributed by atoms with Crippen molar-refractivity contribution in [2.24, 2.45) is 0 Å². The standard InChI is InChI=1S/C25H24FN3O4/c1-33-23(30)7-4-12-27-24(31)21-13-19-18-5-2-3-6-20(18)28(22(19)15-29(21)25(27)32)14-16-8-10-17(26)11-9-16/h2-3,5-6,8-11,31H,4,7,12-15H2,1H3. The highest BCUT2D eigenvalue weighted by Crippen LogP contribution is 2.35. The van der Waals surface area contributed by atoms with Crippen LogP contribution in [0.3, 0.4) is 0 Å². The highest BCUT2D eigenvalue weighted by molar-refractivity contribution is 5.86. The van der Waals surface area contributed by atoms with Gasteiger partial charge >= 0.3 is 11.7 Å². The van der Waals surface area contributed by atoms with Crippen molar-refractivity contribution in [1.29, 1.82) is 0 Å². The van der Waals surface area contributed by atoms with Crippen molar-refractivity contribution in [3.8, 4) is 5.88 Å². The lowest BCUT2D eigenvalue weighted by molar-refractivity contribution is -0.140. The number of halogens is 1. The van der Waals surface area contributed by atoms with E-state index in [9.17, 15) is 19.1 Å². The molecular weight excluding hydrogens is 425 g/mol. The Labute approximate surface area is 189 Å². The third-order valence-corrected chi connectivity index (χ3v) is 6.39. The second kappa shape index (κ2) is 8.27. The van der Waals surface area contributed by atoms with E-state index in [1.165, 1.54) is 23.8 Å². The molecule has 0 fully saturated rings. The van der Waals surface area contributed by atoms with Crippen molar-refractivity contribution < 1.29 is 19.0 Å². The maximum absolute atomic E-state index is 13.4. The third kappa shape index (κ3) is 3.61. The zero-order valence-electron chi connectivity index (χ0n) is 18.3. The molecule has 0 radical (unpaired) electrons. The third-order valence-electron chi connectivity index (χ3n) is 6.39. The topological polar surface area (TPSA) is 78.4 Å². The lowest BCUT2D eigenvalue weighted by Crippen LogP contribution is -2.29. The molecule has 0 unspecified atom stereocenters. The van der Waals surface area contributed by atoms with E-state index < -0.39 is 0 Å². The van der Waals surface area contributed by atoms with Crippen LogP contribution in [0.1, 0.15) is 35.4 Å². The maximum Gasteiger partial charge on any atom is 0.331 e. The molecule has 5 rings (SSSR count). The molecular formula is C25H24FN3O4. The largest absolute Gasteiger partial charge is 0.493 e. The fourth-order valence-electron chi connectivity index (χ4n) is 4.73. The molecule has 0 saturated heterocycles. The fraction of sp³-hybridized carbons (Fsp3) is 0.280. The van der Waals surface area contributed by atoms with Crippen molar-refractivity contribution in [3.05, 3.63) is 87.3 Å². The summed E-state index contributed by atoms with van der Waals surface area (Å²) < 4.78 is 23.2. The molecule has 33 heavy (non-hydrogen) atoms. The highest BCUT2D eigenvalue weighted by Gasteiger charge is 2.29. The quantitative estimate of drug-likeness (QED) is 0.403. The van der Waals surface area contributed by atoms with Crippen LogP contribution in [0.15, 0.2) is 53.3 Å². The second-order valence-electron chi connectivity index (χ2n) is 8.30. The number of benzene rings is 2. The first-order chi connectivity index (χ1) is 16.0. The number of ether oxygens (including phenoxy) is 1. The van der Waals surface area contributed by atoms with Gasteiger partial charge in [-0.05, 0) is 35.7 Å². The lowest BCUT2D eigenvalue weighted by Gasteiger charge is -2.18. The van der Waals surface area contributed by atoms with Gasteiger partial charge in [-0.2, -0.15) is 0 Å². The van der Waals surface area contributed by atoms with E-state index in [2.05, 4.69) is 9.30 Å². The van der Waals surface area contributed by atoms with Crippen LogP contribution in [-0.4, -0.2) is 31.9 Å². The summed E-state index contributed by atoms with van der Waals surface area (Å²) in [5, 5.41) is 11.9. The van der Waals surface area contributed by atoms with Crippen LogP contribution < -0.4 is 5.69 Å². The van der Waals surface area contributed by atoms with E-state index in [0.29, 0.717) is 31.6 Å². The zero-order chi connectivity index (χ0) is 23.1. The van der Waals surface area contributed by atoms with Crippen LogP contribution >= 0.6 is 0 Å². The van der Waals surface area contributed by atoms with Crippen LogP contribution in [0.25, 0.3) is 10.9 Å². The minimum Gasteiger partial charge on any atom is -0.493 e. The van der Waals surface area contributed by atoms with Crippen molar-refractivity contribution in [1.82, 2.24) is 13.7 Å². The Kier molecular flexibility index (Phi) is 5.28. The number of aromatic nitrogens is 3. The first-order valence-corrected chi connectivity index (χ1v) is 10.9. The normalized spacial score (nSPS) is 12.5. The molecule has 0 saturated carbocycles. The van der Waals surface area contributed by atoms with Gasteiger partial charge < -0.3 is 14.4 Å². The molecule has 1 N–H and O–H groups in total. The molecule has 8 heteroatoms. The predicted octanol–water partition coefficient (Wildman–Crippen LogP) is 3.40. The zero-order valence-corrected chi connectivity index (χ0v) is 18.3. The number of hydrogen-bond acceptors (Lipinski definition) is 4. The molecule has 1 aliphatic heterocycles. The van der Waals surface area contributed by atoms with Crippen LogP contribution in [0.2, 0.25) is 0 Å². The highest BCUT2D eigenvalue weighted by atomic mass is 19.1. The molecule has 4 aromatic rings. The Bertz CT molecular complexity index is 1410. The Morgan fingerprint density at radius 2 is 1.85 bits per heavy atom. The number of fused-ring (bicyclic) bond motifs is 4. The Hall–Kier alpha value is -3.81. The summed E-state index contributed by atoms with van der Waals surface area (Å²) in [6.45, 7) is 1.11. The van der Waals surface area contributed by atoms with Crippen molar-refractivity contribution in [2.75, 3.05) is 7.11 Å². The number of imidazole rings is 1. The van der Waals surface area contributed by atoms with Gasteiger partial charge in [0.2, 0.25) is 5.88 Å². The summed E-state index contributed by atoms with van der Waals surface area (Å²) in [7, 11) is 1.33. The van der Waals surface area contributed by atoms with Crippen LogP contribution in [-0.2, 0) is 35.6 Å². The molecule has 0 amide bonds. The van der Waals surface area contributed by atoms with Crippen molar-refractivity contribution >= 4 is 16.9 Å². The minimum atomic E-state index is -0.347. The summed E-state index contributed by atoms with van der Waals surface area (Å²) in [6.07, 6.45) is 1.00. The van der Waals surface area contributed by atoms with Crippen LogP contribution in [0.4, 0.5) is 4.39 Å². The van der Waals surface area contributed by atoms with Crippen LogP contribution in [0, 0.1) is 5.82 Å². The Morgan fingerprint density at radius 1 is 1.09 bits per heavy atom. The number of aromatic hydroxyl groups is 1. The SMILES string of the molecule is COC(=O)CCCn1c(O)c2n(c1=O)Cc1c(c3ccccc3n1Cc1ccc(F)cc1)C2. The van der Waals surface area contributed by atoms with Gasteiger partial charge in [0.05, 0.1) is 19.3 Å². The first-order valence-electron chi connectivity index (χ1n) is 10.9. The fourth-order valence-corrected chi connectivity index (χ4v) is 4.73. The van der Waals surface area contributed by atoms with Gasteiger partial charge in [-0.25, -0.2) is 9.18 Å². The van der Waals surface area contributed by atoms with E-state index in [1.54, 1.807) is 16.7 Å². The van der Waals surface area contributed by atoms with Gasteiger partial charge in [-0.3, -0.25) is 13.9 Å². The molecule has 1 aliphatic rings.